The van der Waals surface area contributed by atoms with E-state index in [9.17, 15) is 23.0 Å². The van der Waals surface area contributed by atoms with Crippen molar-refractivity contribution >= 4 is 40.3 Å². The van der Waals surface area contributed by atoms with Crippen molar-refractivity contribution in [2.75, 3.05) is 13.1 Å². The van der Waals surface area contributed by atoms with Crippen LogP contribution in [0.3, 0.4) is 0 Å². The molecule has 0 aliphatic heterocycles. The van der Waals surface area contributed by atoms with Gasteiger partial charge in [0.15, 0.2) is 0 Å². The molecular weight excluding hydrogens is 459 g/mol. The molecule has 0 saturated heterocycles. The lowest BCUT2D eigenvalue weighted by Crippen LogP contribution is -2.51. The maximum Gasteiger partial charge on any atom is 0.291 e. The van der Waals surface area contributed by atoms with Crippen LogP contribution in [-0.4, -0.2) is 45.7 Å². The van der Waals surface area contributed by atoms with Crippen LogP contribution in [0.1, 0.15) is 51.0 Å². The molecule has 0 spiro atoms. The Balaban J connectivity index is 0.000000616. The van der Waals surface area contributed by atoms with Crippen LogP contribution in [0.15, 0.2) is 30.3 Å². The van der Waals surface area contributed by atoms with Crippen LogP contribution in [0, 0.1) is 5.92 Å². The molecule has 0 radical (unpaired) electrons. The summed E-state index contributed by atoms with van der Waals surface area (Å²) in [4.78, 5) is 34.1. The quantitative estimate of drug-likeness (QED) is 0.363. The van der Waals surface area contributed by atoms with Crippen LogP contribution < -0.4 is 15.9 Å². The van der Waals surface area contributed by atoms with Gasteiger partial charge in [0.25, 0.3) is 17.4 Å². The van der Waals surface area contributed by atoms with Crippen molar-refractivity contribution in [2.45, 2.75) is 56.8 Å². The summed E-state index contributed by atoms with van der Waals surface area (Å²) in [6, 6.07) is 8.97. The van der Waals surface area contributed by atoms with Gasteiger partial charge in [-0.1, -0.05) is 81.0 Å². The predicted octanol–water partition coefficient (Wildman–Crippen LogP) is 2.30. The minimum atomic E-state index is -2.38. The molecule has 4 N–H and O–H groups in total. The van der Waals surface area contributed by atoms with Gasteiger partial charge in [0.2, 0.25) is 5.91 Å². The zero-order valence-corrected chi connectivity index (χ0v) is 19.8. The Kier molecular flexibility index (Phi) is 13.7. The van der Waals surface area contributed by atoms with E-state index in [2.05, 4.69) is 17.1 Å². The number of primary amides is 1. The summed E-state index contributed by atoms with van der Waals surface area (Å²) >= 11 is 5.05. The van der Waals surface area contributed by atoms with Crippen molar-refractivity contribution in [3.05, 3.63) is 35.9 Å². The fraction of sp³-hybridized carbons (Fsp3) is 0.571. The summed E-state index contributed by atoms with van der Waals surface area (Å²) in [7, 11) is -1.53. The van der Waals surface area contributed by atoms with Gasteiger partial charge in [0.1, 0.15) is 0 Å². The number of nitrogens with zero attached hydrogens (tertiary/aromatic N) is 1. The highest BCUT2D eigenvalue weighted by Gasteiger charge is 2.24. The minimum absolute atomic E-state index is 0.187. The Morgan fingerprint density at radius 1 is 1.22 bits per heavy atom. The van der Waals surface area contributed by atoms with E-state index in [0.717, 1.165) is 11.5 Å². The smallest absolute Gasteiger partial charge is 0.291 e. The van der Waals surface area contributed by atoms with E-state index in [-0.39, 0.29) is 25.3 Å². The molecule has 1 aliphatic carbocycles. The molecule has 2 rings (SSSR count). The lowest BCUT2D eigenvalue weighted by atomic mass is 9.91. The number of nitrogens with one attached hydrogen (secondary N) is 2. The number of hydrazine groups is 1. The molecule has 32 heavy (non-hydrogen) atoms. The number of carbonyl (C=O) groups is 3. The molecule has 8 nitrogen and oxygen atoms in total. The van der Waals surface area contributed by atoms with Crippen molar-refractivity contribution in [1.82, 2.24) is 15.2 Å². The Morgan fingerprint density at radius 2 is 1.84 bits per heavy atom. The SMILES string of the molecule is CC1CCCCC1.NC(=O)CCN(NC(=O)CNS(=O)Cc1ccccc1)C(=O)C(F)Cl. The molecule has 1 aromatic rings. The number of hydrogen-bond donors (Lipinski definition) is 3. The van der Waals surface area contributed by atoms with E-state index in [4.69, 9.17) is 17.3 Å². The van der Waals surface area contributed by atoms with E-state index >= 15 is 0 Å². The van der Waals surface area contributed by atoms with Crippen LogP contribution in [0.25, 0.3) is 0 Å². The largest absolute Gasteiger partial charge is 0.370 e. The van der Waals surface area contributed by atoms with Crippen LogP contribution >= 0.6 is 11.6 Å². The molecular formula is C21H32ClFN4O4S. The molecule has 0 bridgehead atoms. The van der Waals surface area contributed by atoms with E-state index in [0.29, 0.717) is 5.01 Å². The summed E-state index contributed by atoms with van der Waals surface area (Å²) in [6.07, 6.45) is 7.15. The molecule has 2 unspecified atom stereocenters. The summed E-state index contributed by atoms with van der Waals surface area (Å²) in [5, 5.41) is 0.562. The molecule has 1 fully saturated rings. The molecule has 1 saturated carbocycles. The number of amides is 3. The van der Waals surface area contributed by atoms with Crippen molar-refractivity contribution in [1.29, 1.82) is 0 Å². The number of hydrogen-bond acceptors (Lipinski definition) is 4. The first-order chi connectivity index (χ1) is 15.2. The molecule has 1 aliphatic rings. The van der Waals surface area contributed by atoms with Gasteiger partial charge in [-0.15, -0.1) is 0 Å². The van der Waals surface area contributed by atoms with Crippen LogP contribution in [0.4, 0.5) is 4.39 Å². The summed E-state index contributed by atoms with van der Waals surface area (Å²) in [5.41, 5.74) is 5.47. The first kappa shape index (κ1) is 28.0. The molecule has 0 heterocycles. The van der Waals surface area contributed by atoms with Crippen LogP contribution in [-0.2, 0) is 31.1 Å². The van der Waals surface area contributed by atoms with E-state index in [1.807, 2.05) is 6.07 Å². The van der Waals surface area contributed by atoms with E-state index < -0.39 is 34.3 Å². The maximum absolute atomic E-state index is 12.9. The Morgan fingerprint density at radius 3 is 2.34 bits per heavy atom. The molecule has 1 aromatic carbocycles. The number of benzene rings is 1. The average molecular weight is 491 g/mol. The lowest BCUT2D eigenvalue weighted by molar-refractivity contribution is -0.143. The standard InChI is InChI=1S/C14H18ClFN4O4S.C7H14/c15-13(16)14(23)20(7-6-11(17)21)19-12(22)8-18-25(24)9-10-4-2-1-3-5-10;1-7-5-3-2-4-6-7/h1-5,13,18H,6-9H2,(H2,17,21)(H,19,22);7H,2-6H2,1H3. The van der Waals surface area contributed by atoms with E-state index in [1.165, 1.54) is 32.1 Å². The van der Waals surface area contributed by atoms with E-state index in [1.54, 1.807) is 24.3 Å². The summed E-state index contributed by atoms with van der Waals surface area (Å²) in [5.74, 6) is -1.50. The number of rotatable bonds is 9. The molecule has 0 aromatic heterocycles. The lowest BCUT2D eigenvalue weighted by Gasteiger charge is -2.22. The fourth-order valence-corrected chi connectivity index (χ4v) is 3.99. The zero-order chi connectivity index (χ0) is 23.9. The predicted molar refractivity (Wildman–Crippen MR) is 123 cm³/mol. The van der Waals surface area contributed by atoms with Gasteiger partial charge in [-0.2, -0.15) is 0 Å². The molecule has 3 amide bonds. The Bertz CT molecular complexity index is 749. The van der Waals surface area contributed by atoms with Gasteiger partial charge in [-0.25, -0.2) is 18.3 Å². The first-order valence-electron chi connectivity index (χ1n) is 10.5. The number of halogens is 2. The third kappa shape index (κ3) is 12.7. The number of nitrogens with two attached hydrogens (primary N) is 1. The number of alkyl halides is 2. The van der Waals surface area contributed by atoms with Crippen molar-refractivity contribution in [3.8, 4) is 0 Å². The normalized spacial score (nSPS) is 15.6. The van der Waals surface area contributed by atoms with Crippen molar-refractivity contribution in [2.24, 2.45) is 11.7 Å². The van der Waals surface area contributed by atoms with Crippen LogP contribution in [0.2, 0.25) is 0 Å². The monoisotopic (exact) mass is 490 g/mol. The second-order valence-corrected chi connectivity index (χ2v) is 9.23. The highest BCUT2D eigenvalue weighted by atomic mass is 35.5. The zero-order valence-electron chi connectivity index (χ0n) is 18.2. The second-order valence-electron chi connectivity index (χ2n) is 7.58. The van der Waals surface area contributed by atoms with Crippen molar-refractivity contribution < 1.29 is 23.0 Å². The molecule has 11 heteroatoms. The molecule has 2 atom stereocenters. The van der Waals surface area contributed by atoms with Gasteiger partial charge in [-0.05, 0) is 11.5 Å². The van der Waals surface area contributed by atoms with Gasteiger partial charge >= 0.3 is 0 Å². The van der Waals surface area contributed by atoms with Gasteiger partial charge < -0.3 is 5.73 Å². The first-order valence-corrected chi connectivity index (χ1v) is 12.3. The second kappa shape index (κ2) is 15.7. The third-order valence-corrected chi connectivity index (χ3v) is 5.97. The highest BCUT2D eigenvalue weighted by molar-refractivity contribution is 7.82. The van der Waals surface area contributed by atoms with Gasteiger partial charge in [-0.3, -0.25) is 19.8 Å². The highest BCUT2D eigenvalue weighted by Crippen LogP contribution is 2.22. The molecule has 180 valence electrons. The minimum Gasteiger partial charge on any atom is -0.370 e. The topological polar surface area (TPSA) is 122 Å². The van der Waals surface area contributed by atoms with Crippen LogP contribution in [0.5, 0.6) is 0 Å². The fourth-order valence-electron chi connectivity index (χ4n) is 2.98. The summed E-state index contributed by atoms with van der Waals surface area (Å²) < 4.78 is 27.2. The average Bonchev–Trinajstić information content (AvgIpc) is 2.76. The van der Waals surface area contributed by atoms with Crippen molar-refractivity contribution in [3.63, 3.8) is 0 Å². The Labute approximate surface area is 196 Å². The van der Waals surface area contributed by atoms with Gasteiger partial charge in [0.05, 0.1) is 29.8 Å². The maximum atomic E-state index is 12.9. The number of carbonyl (C=O) groups excluding carboxylic acids is 3. The third-order valence-electron chi connectivity index (χ3n) is 4.72. The van der Waals surface area contributed by atoms with Gasteiger partial charge in [0, 0.05) is 6.42 Å². The Hall–Kier alpha value is -2.04. The summed E-state index contributed by atoms with van der Waals surface area (Å²) in [6.45, 7) is 1.64.